The van der Waals surface area contributed by atoms with Gasteiger partial charge in [-0.3, -0.25) is 0 Å². The summed E-state index contributed by atoms with van der Waals surface area (Å²) >= 11 is 6.18. The molecule has 0 aliphatic carbocycles. The van der Waals surface area contributed by atoms with E-state index >= 15 is 0 Å². The highest BCUT2D eigenvalue weighted by Crippen LogP contribution is 2.33. The van der Waals surface area contributed by atoms with Crippen LogP contribution in [-0.2, 0) is 13.0 Å². The van der Waals surface area contributed by atoms with Crippen LogP contribution in [0.15, 0.2) is 46.9 Å². The van der Waals surface area contributed by atoms with Crippen LogP contribution in [0.1, 0.15) is 11.5 Å². The highest BCUT2D eigenvalue weighted by Gasteiger charge is 2.22. The average molecular weight is 342 g/mol. The van der Waals surface area contributed by atoms with Crippen LogP contribution in [0.5, 0.6) is 5.75 Å². The highest BCUT2D eigenvalue weighted by molar-refractivity contribution is 6.33. The van der Waals surface area contributed by atoms with Crippen molar-refractivity contribution in [1.29, 1.82) is 0 Å². The van der Waals surface area contributed by atoms with Crippen LogP contribution >= 0.6 is 11.6 Å². The van der Waals surface area contributed by atoms with E-state index in [9.17, 15) is 0 Å². The summed E-state index contributed by atoms with van der Waals surface area (Å²) in [7, 11) is 1.68. The Bertz CT molecular complexity index is 878. The number of rotatable bonds is 4. The molecule has 4 rings (SSSR count). The van der Waals surface area contributed by atoms with Crippen molar-refractivity contribution in [3.05, 3.63) is 58.9 Å². The van der Waals surface area contributed by atoms with Crippen LogP contribution in [0.2, 0.25) is 5.02 Å². The minimum Gasteiger partial charge on any atom is -0.497 e. The van der Waals surface area contributed by atoms with E-state index in [1.807, 2.05) is 30.3 Å². The number of benzene rings is 2. The number of methoxy groups -OCH3 is 1. The van der Waals surface area contributed by atoms with Crippen molar-refractivity contribution in [3.8, 4) is 17.2 Å². The van der Waals surface area contributed by atoms with E-state index in [1.165, 1.54) is 11.3 Å². The number of ether oxygens (including phenoxy) is 1. The van der Waals surface area contributed by atoms with Gasteiger partial charge in [0.15, 0.2) is 0 Å². The monoisotopic (exact) mass is 341 g/mol. The molecule has 5 nitrogen and oxygen atoms in total. The number of hydrogen-bond donors (Lipinski definition) is 0. The SMILES string of the molecule is COc1ccc2c(c1)CCN2Cc1nnc(-c2ccccc2Cl)o1. The number of fused-ring (bicyclic) bond motifs is 1. The number of halogens is 1. The maximum absolute atomic E-state index is 6.18. The van der Waals surface area contributed by atoms with Crippen LogP contribution in [0.3, 0.4) is 0 Å². The predicted octanol–water partition coefficient (Wildman–Crippen LogP) is 3.96. The molecular formula is C18H16ClN3O2. The topological polar surface area (TPSA) is 51.4 Å². The van der Waals surface area contributed by atoms with Gasteiger partial charge in [-0.1, -0.05) is 23.7 Å². The van der Waals surface area contributed by atoms with Crippen molar-refractivity contribution >= 4 is 17.3 Å². The molecule has 0 N–H and O–H groups in total. The molecule has 1 aromatic heterocycles. The molecule has 0 amide bonds. The molecule has 2 aromatic carbocycles. The molecule has 2 heterocycles. The maximum Gasteiger partial charge on any atom is 0.249 e. The summed E-state index contributed by atoms with van der Waals surface area (Å²) in [6, 6.07) is 13.6. The third kappa shape index (κ3) is 2.71. The number of nitrogens with zero attached hydrogens (tertiary/aromatic N) is 3. The zero-order valence-corrected chi connectivity index (χ0v) is 14.0. The van der Waals surface area contributed by atoms with Gasteiger partial charge >= 0.3 is 0 Å². The molecule has 0 unspecified atom stereocenters. The summed E-state index contributed by atoms with van der Waals surface area (Å²) in [6.07, 6.45) is 0.984. The Morgan fingerprint density at radius 1 is 1.21 bits per heavy atom. The van der Waals surface area contributed by atoms with E-state index < -0.39 is 0 Å². The maximum atomic E-state index is 6.18. The fourth-order valence-electron chi connectivity index (χ4n) is 2.96. The zero-order chi connectivity index (χ0) is 16.5. The van der Waals surface area contributed by atoms with Gasteiger partial charge in [0.05, 0.1) is 24.2 Å². The molecule has 0 saturated heterocycles. The first kappa shape index (κ1) is 15.0. The van der Waals surface area contributed by atoms with Crippen LogP contribution in [0, 0.1) is 0 Å². The van der Waals surface area contributed by atoms with Crippen LogP contribution in [0.4, 0.5) is 5.69 Å². The molecule has 0 bridgehead atoms. The average Bonchev–Trinajstić information content (AvgIpc) is 3.22. The summed E-state index contributed by atoms with van der Waals surface area (Å²) in [5.41, 5.74) is 3.22. The molecule has 1 aliphatic rings. The minimum atomic E-state index is 0.449. The number of aromatic nitrogens is 2. The molecule has 3 aromatic rings. The van der Waals surface area contributed by atoms with Gasteiger partial charge < -0.3 is 14.1 Å². The van der Waals surface area contributed by atoms with Gasteiger partial charge in [0, 0.05) is 12.2 Å². The Kier molecular flexibility index (Phi) is 3.86. The molecule has 0 fully saturated rings. The second-order valence-corrected chi connectivity index (χ2v) is 6.05. The van der Waals surface area contributed by atoms with Crippen LogP contribution in [-0.4, -0.2) is 23.9 Å². The third-order valence-electron chi connectivity index (χ3n) is 4.18. The van der Waals surface area contributed by atoms with Crippen molar-refractivity contribution in [1.82, 2.24) is 10.2 Å². The lowest BCUT2D eigenvalue weighted by Gasteiger charge is -2.17. The highest BCUT2D eigenvalue weighted by atomic mass is 35.5. The van der Waals surface area contributed by atoms with Crippen molar-refractivity contribution in [2.24, 2.45) is 0 Å². The second-order valence-electron chi connectivity index (χ2n) is 5.65. The van der Waals surface area contributed by atoms with E-state index in [-0.39, 0.29) is 0 Å². The normalized spacial score (nSPS) is 13.2. The Hall–Kier alpha value is -2.53. The van der Waals surface area contributed by atoms with Crippen molar-refractivity contribution in [3.63, 3.8) is 0 Å². The lowest BCUT2D eigenvalue weighted by molar-refractivity contribution is 0.414. The molecular weight excluding hydrogens is 326 g/mol. The number of hydrogen-bond acceptors (Lipinski definition) is 5. The Morgan fingerprint density at radius 3 is 2.92 bits per heavy atom. The first-order valence-corrected chi connectivity index (χ1v) is 8.11. The zero-order valence-electron chi connectivity index (χ0n) is 13.2. The van der Waals surface area contributed by atoms with E-state index in [0.29, 0.717) is 23.3 Å². The lowest BCUT2D eigenvalue weighted by atomic mass is 10.1. The van der Waals surface area contributed by atoms with E-state index in [4.69, 9.17) is 20.8 Å². The number of anilines is 1. The van der Waals surface area contributed by atoms with Gasteiger partial charge in [-0.25, -0.2) is 0 Å². The van der Waals surface area contributed by atoms with Gasteiger partial charge in [-0.2, -0.15) is 0 Å². The fraction of sp³-hybridized carbons (Fsp3) is 0.222. The van der Waals surface area contributed by atoms with Crippen molar-refractivity contribution in [2.45, 2.75) is 13.0 Å². The van der Waals surface area contributed by atoms with Crippen LogP contribution in [0.25, 0.3) is 11.5 Å². The third-order valence-corrected chi connectivity index (χ3v) is 4.51. The lowest BCUT2D eigenvalue weighted by Crippen LogP contribution is -2.19. The summed E-state index contributed by atoms with van der Waals surface area (Å²) in [5, 5.41) is 8.89. The summed E-state index contributed by atoms with van der Waals surface area (Å²) < 4.78 is 11.1. The standard InChI is InChI=1S/C18H16ClN3O2/c1-23-13-6-7-16-12(10-13)8-9-22(16)11-17-20-21-18(24-17)14-4-2-3-5-15(14)19/h2-7,10H,8-9,11H2,1H3. The fourth-order valence-corrected chi connectivity index (χ4v) is 3.18. The van der Waals surface area contributed by atoms with E-state index in [0.717, 1.165) is 24.3 Å². The van der Waals surface area contributed by atoms with Gasteiger partial charge in [-0.15, -0.1) is 10.2 Å². The summed E-state index contributed by atoms with van der Waals surface area (Å²) in [4.78, 5) is 2.23. The van der Waals surface area contributed by atoms with Gasteiger partial charge in [0.2, 0.25) is 11.8 Å². The molecule has 0 spiro atoms. The first-order chi connectivity index (χ1) is 11.7. The Labute approximate surface area is 144 Å². The summed E-state index contributed by atoms with van der Waals surface area (Å²) in [6.45, 7) is 1.50. The van der Waals surface area contributed by atoms with E-state index in [1.54, 1.807) is 7.11 Å². The molecule has 1 aliphatic heterocycles. The molecule has 0 atom stereocenters. The molecule has 122 valence electrons. The smallest absolute Gasteiger partial charge is 0.249 e. The second kappa shape index (κ2) is 6.17. The van der Waals surface area contributed by atoms with Crippen molar-refractivity contribution < 1.29 is 9.15 Å². The largest absolute Gasteiger partial charge is 0.497 e. The van der Waals surface area contributed by atoms with E-state index in [2.05, 4.69) is 27.2 Å². The molecule has 24 heavy (non-hydrogen) atoms. The molecule has 6 heteroatoms. The Morgan fingerprint density at radius 2 is 2.08 bits per heavy atom. The quantitative estimate of drug-likeness (QED) is 0.719. The predicted molar refractivity (Wildman–Crippen MR) is 92.5 cm³/mol. The molecule has 0 saturated carbocycles. The Balaban J connectivity index is 1.55. The molecule has 0 radical (unpaired) electrons. The summed E-state index contributed by atoms with van der Waals surface area (Å²) in [5.74, 6) is 1.91. The first-order valence-electron chi connectivity index (χ1n) is 7.74. The van der Waals surface area contributed by atoms with Gasteiger partial charge in [0.25, 0.3) is 0 Å². The minimum absolute atomic E-state index is 0.449. The van der Waals surface area contributed by atoms with Crippen molar-refractivity contribution in [2.75, 3.05) is 18.6 Å². The van der Waals surface area contributed by atoms with Crippen LogP contribution < -0.4 is 9.64 Å². The van der Waals surface area contributed by atoms with Gasteiger partial charge in [0.1, 0.15) is 5.75 Å². The van der Waals surface area contributed by atoms with Gasteiger partial charge in [-0.05, 0) is 42.3 Å².